The van der Waals surface area contributed by atoms with Gasteiger partial charge >= 0.3 is 5.97 Å². The lowest BCUT2D eigenvalue weighted by Crippen LogP contribution is -2.43. The van der Waals surface area contributed by atoms with E-state index < -0.39 is 12.0 Å². The zero-order valence-corrected chi connectivity index (χ0v) is 9.43. The molecule has 5 nitrogen and oxygen atoms in total. The summed E-state index contributed by atoms with van der Waals surface area (Å²) in [4.78, 5) is 25.6. The molecule has 1 aliphatic carbocycles. The Kier molecular flexibility index (Phi) is 3.68. The molecule has 1 amide bonds. The van der Waals surface area contributed by atoms with Crippen LogP contribution >= 0.6 is 0 Å². The van der Waals surface area contributed by atoms with E-state index in [1.165, 1.54) is 0 Å². The molecule has 1 unspecified atom stereocenters. The minimum atomic E-state index is -0.903. The second-order valence-corrected chi connectivity index (χ2v) is 4.17. The fourth-order valence-electron chi connectivity index (χ4n) is 1.32. The van der Waals surface area contributed by atoms with E-state index in [1.54, 1.807) is 30.8 Å². The number of amides is 1. The summed E-state index contributed by atoms with van der Waals surface area (Å²) in [6.45, 7) is 1.74. The number of hydrogen-bond donors (Lipinski definition) is 1. The number of likely N-dealkylation sites (N-methyl/N-ethyl adjacent to an activating group) is 2. The minimum absolute atomic E-state index is 0.00639. The lowest BCUT2D eigenvalue weighted by molar-refractivity contribution is -0.143. The molecule has 0 saturated heterocycles. The molecule has 1 atom stereocenters. The van der Waals surface area contributed by atoms with Crippen molar-refractivity contribution in [3.8, 4) is 0 Å². The Balaban J connectivity index is 2.39. The number of carboxylic acid groups (broad SMARTS) is 1. The molecule has 86 valence electrons. The first-order valence-corrected chi connectivity index (χ1v) is 5.12. The minimum Gasteiger partial charge on any atom is -0.480 e. The maximum Gasteiger partial charge on any atom is 0.320 e. The second kappa shape index (κ2) is 4.61. The Bertz CT molecular complexity index is 263. The van der Waals surface area contributed by atoms with Crippen LogP contribution in [-0.2, 0) is 9.59 Å². The topological polar surface area (TPSA) is 60.9 Å². The first-order chi connectivity index (χ1) is 6.93. The zero-order valence-electron chi connectivity index (χ0n) is 9.43. The second-order valence-electron chi connectivity index (χ2n) is 4.17. The van der Waals surface area contributed by atoms with Gasteiger partial charge in [0, 0.05) is 13.1 Å². The van der Waals surface area contributed by atoms with E-state index in [9.17, 15) is 9.59 Å². The van der Waals surface area contributed by atoms with E-state index in [0.29, 0.717) is 6.04 Å². The van der Waals surface area contributed by atoms with Gasteiger partial charge in [-0.05, 0) is 26.8 Å². The van der Waals surface area contributed by atoms with Crippen LogP contribution in [-0.4, -0.2) is 59.5 Å². The molecule has 0 spiro atoms. The maximum absolute atomic E-state index is 11.7. The van der Waals surface area contributed by atoms with Crippen LogP contribution in [0.3, 0.4) is 0 Å². The van der Waals surface area contributed by atoms with Gasteiger partial charge in [-0.2, -0.15) is 0 Å². The molecule has 1 saturated carbocycles. The van der Waals surface area contributed by atoms with Gasteiger partial charge in [-0.15, -0.1) is 0 Å². The fraction of sp³-hybridized carbons (Fsp3) is 0.800. The van der Waals surface area contributed by atoms with E-state index in [4.69, 9.17) is 5.11 Å². The summed E-state index contributed by atoms with van der Waals surface area (Å²) in [6, 6.07) is -0.243. The van der Waals surface area contributed by atoms with Crippen molar-refractivity contribution in [2.45, 2.75) is 31.8 Å². The van der Waals surface area contributed by atoms with Crippen molar-refractivity contribution in [1.82, 2.24) is 9.80 Å². The summed E-state index contributed by atoms with van der Waals surface area (Å²) < 4.78 is 0. The summed E-state index contributed by atoms with van der Waals surface area (Å²) in [5, 5.41) is 8.76. The van der Waals surface area contributed by atoms with E-state index in [1.807, 2.05) is 0 Å². The van der Waals surface area contributed by atoms with Gasteiger partial charge in [0.05, 0.1) is 6.54 Å². The first-order valence-electron chi connectivity index (χ1n) is 5.12. The molecule has 0 aromatic heterocycles. The van der Waals surface area contributed by atoms with Crippen LogP contribution in [0.4, 0.5) is 0 Å². The summed E-state index contributed by atoms with van der Waals surface area (Å²) >= 11 is 0. The van der Waals surface area contributed by atoms with Crippen LogP contribution in [0.1, 0.15) is 19.8 Å². The van der Waals surface area contributed by atoms with Crippen molar-refractivity contribution in [1.29, 1.82) is 0 Å². The van der Waals surface area contributed by atoms with E-state index in [0.717, 1.165) is 12.8 Å². The molecule has 1 aliphatic rings. The summed E-state index contributed by atoms with van der Waals surface area (Å²) in [7, 11) is 3.43. The van der Waals surface area contributed by atoms with Crippen molar-refractivity contribution < 1.29 is 14.7 Å². The number of carboxylic acids is 1. The molecule has 5 heteroatoms. The highest BCUT2D eigenvalue weighted by Gasteiger charge is 2.30. The van der Waals surface area contributed by atoms with Gasteiger partial charge in [0.25, 0.3) is 0 Å². The molecule has 1 N–H and O–H groups in total. The van der Waals surface area contributed by atoms with Crippen LogP contribution in [0.2, 0.25) is 0 Å². The van der Waals surface area contributed by atoms with Gasteiger partial charge in [-0.1, -0.05) is 0 Å². The Morgan fingerprint density at radius 1 is 1.40 bits per heavy atom. The third-order valence-corrected chi connectivity index (χ3v) is 2.89. The summed E-state index contributed by atoms with van der Waals surface area (Å²) in [5.74, 6) is -0.910. The van der Waals surface area contributed by atoms with Gasteiger partial charge in [0.2, 0.25) is 5.91 Å². The smallest absolute Gasteiger partial charge is 0.320 e. The Labute approximate surface area is 89.7 Å². The zero-order chi connectivity index (χ0) is 11.6. The number of hydrogen-bond acceptors (Lipinski definition) is 3. The third-order valence-electron chi connectivity index (χ3n) is 2.89. The molecule has 0 heterocycles. The SMILES string of the molecule is CC(C(=O)O)N(C)CC(=O)N(C)C1CC1. The molecule has 0 aliphatic heterocycles. The summed E-state index contributed by atoms with van der Waals surface area (Å²) in [6.07, 6.45) is 2.14. The van der Waals surface area contributed by atoms with E-state index in [-0.39, 0.29) is 12.5 Å². The highest BCUT2D eigenvalue weighted by Crippen LogP contribution is 2.25. The predicted octanol–water partition coefficient (Wildman–Crippen LogP) is 0.0121. The Morgan fingerprint density at radius 3 is 2.33 bits per heavy atom. The van der Waals surface area contributed by atoms with Crippen LogP contribution in [0, 0.1) is 0 Å². The monoisotopic (exact) mass is 214 g/mol. The average Bonchev–Trinajstić information content (AvgIpc) is 2.98. The molecule has 0 aromatic rings. The third kappa shape index (κ3) is 3.20. The number of carbonyl (C=O) groups excluding carboxylic acids is 1. The highest BCUT2D eigenvalue weighted by molar-refractivity contribution is 5.80. The van der Waals surface area contributed by atoms with Crippen molar-refractivity contribution in [3.05, 3.63) is 0 Å². The van der Waals surface area contributed by atoms with Crippen LogP contribution in [0.5, 0.6) is 0 Å². The van der Waals surface area contributed by atoms with Gasteiger partial charge < -0.3 is 10.0 Å². The Hall–Kier alpha value is -1.10. The predicted molar refractivity (Wildman–Crippen MR) is 55.5 cm³/mol. The van der Waals surface area contributed by atoms with Crippen LogP contribution in [0.15, 0.2) is 0 Å². The van der Waals surface area contributed by atoms with Gasteiger partial charge in [0.1, 0.15) is 6.04 Å². The van der Waals surface area contributed by atoms with E-state index in [2.05, 4.69) is 0 Å². The number of carbonyl (C=O) groups is 2. The lowest BCUT2D eigenvalue weighted by Gasteiger charge is -2.24. The molecular formula is C10H18N2O3. The van der Waals surface area contributed by atoms with Crippen molar-refractivity contribution >= 4 is 11.9 Å². The molecule has 1 fully saturated rings. The molecule has 15 heavy (non-hydrogen) atoms. The van der Waals surface area contributed by atoms with Gasteiger partial charge in [0.15, 0.2) is 0 Å². The number of aliphatic carboxylic acids is 1. The highest BCUT2D eigenvalue weighted by atomic mass is 16.4. The van der Waals surface area contributed by atoms with Crippen molar-refractivity contribution in [2.75, 3.05) is 20.6 Å². The first kappa shape index (κ1) is 12.0. The molecule has 1 rings (SSSR count). The fourth-order valence-corrected chi connectivity index (χ4v) is 1.32. The lowest BCUT2D eigenvalue weighted by atomic mass is 10.3. The summed E-state index contributed by atoms with van der Waals surface area (Å²) in [5.41, 5.74) is 0. The Morgan fingerprint density at radius 2 is 1.93 bits per heavy atom. The molecule has 0 aromatic carbocycles. The van der Waals surface area contributed by atoms with Crippen LogP contribution < -0.4 is 0 Å². The number of nitrogens with zero attached hydrogens (tertiary/aromatic N) is 2. The van der Waals surface area contributed by atoms with Gasteiger partial charge in [-0.3, -0.25) is 14.5 Å². The van der Waals surface area contributed by atoms with Gasteiger partial charge in [-0.25, -0.2) is 0 Å². The number of rotatable bonds is 5. The van der Waals surface area contributed by atoms with Crippen molar-refractivity contribution in [2.24, 2.45) is 0 Å². The normalized spacial score (nSPS) is 17.6. The van der Waals surface area contributed by atoms with E-state index >= 15 is 0 Å². The largest absolute Gasteiger partial charge is 0.480 e. The standard InChI is InChI=1S/C10H18N2O3/c1-7(10(14)15)11(2)6-9(13)12(3)8-4-5-8/h7-8H,4-6H2,1-3H3,(H,14,15). The molecule has 0 bridgehead atoms. The molecule has 0 radical (unpaired) electrons. The molecular weight excluding hydrogens is 196 g/mol. The van der Waals surface area contributed by atoms with Crippen molar-refractivity contribution in [3.63, 3.8) is 0 Å². The average molecular weight is 214 g/mol. The quantitative estimate of drug-likeness (QED) is 0.700. The van der Waals surface area contributed by atoms with Crippen LogP contribution in [0.25, 0.3) is 0 Å². The maximum atomic E-state index is 11.7.